The molecule has 3 aromatic carbocycles. The predicted octanol–water partition coefficient (Wildman–Crippen LogP) is 4.90. The van der Waals surface area contributed by atoms with Gasteiger partial charge in [-0.1, -0.05) is 60.7 Å². The van der Waals surface area contributed by atoms with Crippen molar-refractivity contribution in [3.05, 3.63) is 101 Å². The molecule has 0 radical (unpaired) electrons. The highest BCUT2D eigenvalue weighted by Crippen LogP contribution is 2.33. The number of ether oxygens (including phenoxy) is 2. The first-order valence-corrected chi connectivity index (χ1v) is 11.0. The van der Waals surface area contributed by atoms with Crippen molar-refractivity contribution in [3.8, 4) is 16.7 Å². The van der Waals surface area contributed by atoms with E-state index < -0.39 is 0 Å². The Bertz CT molecular complexity index is 1160. The molecule has 0 aliphatic rings. The zero-order valence-electron chi connectivity index (χ0n) is 17.7. The fourth-order valence-electron chi connectivity index (χ4n) is 3.18. The van der Waals surface area contributed by atoms with Gasteiger partial charge in [0.25, 0.3) is 11.1 Å². The van der Waals surface area contributed by atoms with E-state index in [4.69, 9.17) is 9.47 Å². The Hall–Kier alpha value is -3.71. The molecule has 4 aromatic rings. The van der Waals surface area contributed by atoms with Crippen LogP contribution in [0.2, 0.25) is 0 Å². The molecular formula is C25H23N3O3S. The molecule has 1 N–H and O–H groups in total. The summed E-state index contributed by atoms with van der Waals surface area (Å²) in [5, 5.41) is 3.36. The lowest BCUT2D eigenvalue weighted by atomic mass is 10.1. The van der Waals surface area contributed by atoms with Gasteiger partial charge in [-0.05, 0) is 35.7 Å². The number of methoxy groups -OCH3 is 1. The van der Waals surface area contributed by atoms with Crippen LogP contribution < -0.4 is 14.8 Å². The molecule has 162 valence electrons. The first kappa shape index (κ1) is 21.5. The van der Waals surface area contributed by atoms with Crippen LogP contribution in [0.4, 0.5) is 0 Å². The lowest BCUT2D eigenvalue weighted by Gasteiger charge is -2.10. The molecule has 4 rings (SSSR count). The van der Waals surface area contributed by atoms with Crippen molar-refractivity contribution in [3.63, 3.8) is 0 Å². The number of aromatic nitrogens is 2. The minimum absolute atomic E-state index is 0.160. The largest absolute Gasteiger partial charge is 0.493 e. The Balaban J connectivity index is 1.37. The van der Waals surface area contributed by atoms with Gasteiger partial charge in [-0.3, -0.25) is 4.79 Å². The summed E-state index contributed by atoms with van der Waals surface area (Å²) in [6.07, 6.45) is 1.41. The summed E-state index contributed by atoms with van der Waals surface area (Å²) in [6.45, 7) is 0.554. The highest BCUT2D eigenvalue weighted by atomic mass is 32.1. The molecule has 1 aromatic heterocycles. The average Bonchev–Trinajstić information content (AvgIpc) is 3.27. The van der Waals surface area contributed by atoms with Gasteiger partial charge < -0.3 is 14.8 Å². The number of nitrogens with one attached hydrogen (secondary N) is 1. The van der Waals surface area contributed by atoms with E-state index in [1.54, 1.807) is 25.3 Å². The Morgan fingerprint density at radius 3 is 2.38 bits per heavy atom. The maximum Gasteiger partial charge on any atom is 0.298 e. The van der Waals surface area contributed by atoms with E-state index in [1.165, 1.54) is 17.1 Å². The minimum Gasteiger partial charge on any atom is -0.493 e. The Morgan fingerprint density at radius 1 is 0.938 bits per heavy atom. The van der Waals surface area contributed by atoms with Crippen molar-refractivity contribution >= 4 is 17.4 Å². The van der Waals surface area contributed by atoms with Crippen molar-refractivity contribution < 1.29 is 14.3 Å². The van der Waals surface area contributed by atoms with E-state index in [2.05, 4.69) is 14.7 Å². The fraction of sp³-hybridized carbons (Fsp3) is 0.160. The van der Waals surface area contributed by atoms with Crippen LogP contribution in [0.25, 0.3) is 0 Å². The number of amides is 1. The smallest absolute Gasteiger partial charge is 0.298 e. The van der Waals surface area contributed by atoms with Crippen molar-refractivity contribution in [2.45, 2.75) is 12.8 Å². The first-order chi connectivity index (χ1) is 15.7. The highest BCUT2D eigenvalue weighted by molar-refractivity contribution is 7.07. The van der Waals surface area contributed by atoms with E-state index in [0.29, 0.717) is 41.0 Å². The van der Waals surface area contributed by atoms with E-state index >= 15 is 0 Å². The number of hydrogen-bond donors (Lipinski definition) is 1. The van der Waals surface area contributed by atoms with Gasteiger partial charge in [0.05, 0.1) is 7.11 Å². The van der Waals surface area contributed by atoms with E-state index in [1.807, 2.05) is 60.7 Å². The van der Waals surface area contributed by atoms with Crippen LogP contribution in [0.5, 0.6) is 16.7 Å². The predicted molar refractivity (Wildman–Crippen MR) is 125 cm³/mol. The standard InChI is InChI=1S/C25H23N3O3S/c1-30-22-17-20(24(29)26-15-14-18-8-4-2-5-9-18)12-13-21(22)31-25-27-23(28-32-25)16-19-10-6-3-7-11-19/h2-13,17H,14-16H2,1H3,(H,26,29). The summed E-state index contributed by atoms with van der Waals surface area (Å²) in [6, 6.07) is 25.2. The molecule has 6 nitrogen and oxygen atoms in total. The molecule has 1 amide bonds. The second kappa shape index (κ2) is 10.5. The summed E-state index contributed by atoms with van der Waals surface area (Å²) < 4.78 is 15.7. The molecule has 0 atom stereocenters. The Labute approximate surface area is 191 Å². The molecule has 0 saturated heterocycles. The number of hydrogen-bond acceptors (Lipinski definition) is 6. The SMILES string of the molecule is COc1cc(C(=O)NCCc2ccccc2)ccc1Oc1nc(Cc2ccccc2)ns1. The monoisotopic (exact) mass is 445 g/mol. The van der Waals surface area contributed by atoms with Crippen LogP contribution in [-0.2, 0) is 12.8 Å². The van der Waals surface area contributed by atoms with Crippen LogP contribution in [0.1, 0.15) is 27.3 Å². The van der Waals surface area contributed by atoms with Crippen molar-refractivity contribution in [2.75, 3.05) is 13.7 Å². The third-order valence-electron chi connectivity index (χ3n) is 4.82. The van der Waals surface area contributed by atoms with Crippen molar-refractivity contribution in [2.24, 2.45) is 0 Å². The molecule has 0 fully saturated rings. The molecule has 0 unspecified atom stereocenters. The third kappa shape index (κ3) is 5.70. The topological polar surface area (TPSA) is 73.3 Å². The Kier molecular flexibility index (Phi) is 7.09. The molecule has 1 heterocycles. The first-order valence-electron chi connectivity index (χ1n) is 10.3. The normalized spacial score (nSPS) is 10.5. The summed E-state index contributed by atoms with van der Waals surface area (Å²) in [7, 11) is 1.54. The van der Waals surface area contributed by atoms with Gasteiger partial charge in [-0.2, -0.15) is 9.36 Å². The number of nitrogens with zero attached hydrogens (tertiary/aromatic N) is 2. The van der Waals surface area contributed by atoms with E-state index in [9.17, 15) is 4.79 Å². The van der Waals surface area contributed by atoms with Crippen LogP contribution in [0.15, 0.2) is 78.9 Å². The van der Waals surface area contributed by atoms with Gasteiger partial charge in [0.2, 0.25) is 0 Å². The van der Waals surface area contributed by atoms with E-state index in [-0.39, 0.29) is 5.91 Å². The molecular weight excluding hydrogens is 422 g/mol. The van der Waals surface area contributed by atoms with Gasteiger partial charge in [0.1, 0.15) is 0 Å². The number of rotatable bonds is 9. The van der Waals surface area contributed by atoms with Crippen molar-refractivity contribution in [1.82, 2.24) is 14.7 Å². The van der Waals surface area contributed by atoms with E-state index in [0.717, 1.165) is 12.0 Å². The summed E-state index contributed by atoms with van der Waals surface area (Å²) in [4.78, 5) is 17.0. The highest BCUT2D eigenvalue weighted by Gasteiger charge is 2.14. The maximum atomic E-state index is 12.5. The van der Waals surface area contributed by atoms with Gasteiger partial charge in [-0.15, -0.1) is 0 Å². The molecule has 0 saturated carbocycles. The van der Waals surface area contributed by atoms with Gasteiger partial charge in [-0.25, -0.2) is 0 Å². The van der Waals surface area contributed by atoms with Crippen molar-refractivity contribution in [1.29, 1.82) is 0 Å². The molecule has 0 spiro atoms. The fourth-order valence-corrected chi connectivity index (χ4v) is 3.75. The quantitative estimate of drug-likeness (QED) is 0.397. The molecule has 7 heteroatoms. The zero-order valence-corrected chi connectivity index (χ0v) is 18.5. The van der Waals surface area contributed by atoms with Gasteiger partial charge >= 0.3 is 0 Å². The van der Waals surface area contributed by atoms with Gasteiger partial charge in [0, 0.05) is 30.1 Å². The summed E-state index contributed by atoms with van der Waals surface area (Å²) in [5.41, 5.74) is 2.82. The Morgan fingerprint density at radius 2 is 1.66 bits per heavy atom. The molecule has 32 heavy (non-hydrogen) atoms. The average molecular weight is 446 g/mol. The second-order valence-electron chi connectivity index (χ2n) is 7.10. The van der Waals surface area contributed by atoms with Gasteiger partial charge in [0.15, 0.2) is 17.3 Å². The van der Waals surface area contributed by atoms with Crippen LogP contribution in [0.3, 0.4) is 0 Å². The summed E-state index contributed by atoms with van der Waals surface area (Å²) >= 11 is 1.18. The van der Waals surface area contributed by atoms with Crippen LogP contribution >= 0.6 is 11.5 Å². The molecule has 0 aliphatic carbocycles. The number of benzene rings is 3. The van der Waals surface area contributed by atoms with Crippen LogP contribution in [-0.4, -0.2) is 28.9 Å². The second-order valence-corrected chi connectivity index (χ2v) is 7.81. The zero-order chi connectivity index (χ0) is 22.2. The van der Waals surface area contributed by atoms with Crippen LogP contribution in [0, 0.1) is 0 Å². The maximum absolute atomic E-state index is 12.5. The minimum atomic E-state index is -0.160. The number of carbonyl (C=O) groups excluding carboxylic acids is 1. The summed E-state index contributed by atoms with van der Waals surface area (Å²) in [5.74, 6) is 1.48. The molecule has 0 bridgehead atoms. The number of carbonyl (C=O) groups is 1. The lowest BCUT2D eigenvalue weighted by Crippen LogP contribution is -2.25. The lowest BCUT2D eigenvalue weighted by molar-refractivity contribution is 0.0953. The molecule has 0 aliphatic heterocycles. The third-order valence-corrected chi connectivity index (χ3v) is 5.45.